The number of nitrogens with zero attached hydrogens (tertiary/aromatic N) is 6. The molecule has 0 saturated carbocycles. The third-order valence-corrected chi connectivity index (χ3v) is 6.37. The lowest BCUT2D eigenvalue weighted by Crippen LogP contribution is -2.39. The van der Waals surface area contributed by atoms with Crippen molar-refractivity contribution in [1.29, 1.82) is 0 Å². The summed E-state index contributed by atoms with van der Waals surface area (Å²) in [6, 6.07) is 15.2. The van der Waals surface area contributed by atoms with E-state index in [2.05, 4.69) is 38.0 Å². The van der Waals surface area contributed by atoms with Gasteiger partial charge in [-0.05, 0) is 34.7 Å². The van der Waals surface area contributed by atoms with E-state index in [0.29, 0.717) is 18.2 Å². The number of carbonyl (C=O) groups is 3. The zero-order valence-corrected chi connectivity index (χ0v) is 23.0. The molecule has 41 heavy (non-hydrogen) atoms. The molecule has 2 heterocycles. The molecule has 0 aliphatic heterocycles. The van der Waals surface area contributed by atoms with Crippen LogP contribution in [0.5, 0.6) is 0 Å². The maximum absolute atomic E-state index is 12.3. The summed E-state index contributed by atoms with van der Waals surface area (Å²) >= 11 is 0. The van der Waals surface area contributed by atoms with Gasteiger partial charge in [-0.15, -0.1) is 10.2 Å². The van der Waals surface area contributed by atoms with E-state index in [4.69, 9.17) is 15.5 Å². The maximum Gasteiger partial charge on any atom is 0.330 e. The summed E-state index contributed by atoms with van der Waals surface area (Å²) in [6.07, 6.45) is 2.75. The smallest absolute Gasteiger partial charge is 0.330 e. The highest BCUT2D eigenvalue weighted by Crippen LogP contribution is 2.29. The molecule has 4 aromatic rings. The van der Waals surface area contributed by atoms with E-state index in [1.807, 2.05) is 53.2 Å². The Labute approximate surface area is 236 Å². The van der Waals surface area contributed by atoms with Crippen molar-refractivity contribution in [1.82, 2.24) is 40.7 Å². The number of aryl methyl sites for hydroxylation is 1. The van der Waals surface area contributed by atoms with Gasteiger partial charge in [-0.1, -0.05) is 61.9 Å². The fourth-order valence-electron chi connectivity index (χ4n) is 4.33. The number of nitrogens with one attached hydrogen (secondary N) is 2. The Bertz CT molecular complexity index is 1470. The number of nitrogens with two attached hydrogens (primary N) is 1. The summed E-state index contributed by atoms with van der Waals surface area (Å²) in [6.45, 7) is 3.91. The largest absolute Gasteiger partial charge is 0.392 e. The monoisotopic (exact) mass is 559 g/mol. The number of benzene rings is 2. The molecule has 4 rings (SSSR count). The van der Waals surface area contributed by atoms with E-state index < -0.39 is 23.9 Å². The summed E-state index contributed by atoms with van der Waals surface area (Å²) in [5.41, 5.74) is 9.17. The fourth-order valence-corrected chi connectivity index (χ4v) is 4.33. The number of H-pyrrole nitrogens is 1. The molecule has 0 fully saturated rings. The van der Waals surface area contributed by atoms with Crippen molar-refractivity contribution in [2.75, 3.05) is 0 Å². The van der Waals surface area contributed by atoms with Gasteiger partial charge < -0.3 is 10.5 Å². The van der Waals surface area contributed by atoms with Crippen molar-refractivity contribution in [2.24, 2.45) is 5.73 Å². The first kappa shape index (κ1) is 29.2. The van der Waals surface area contributed by atoms with Gasteiger partial charge >= 0.3 is 11.9 Å². The number of amides is 1. The van der Waals surface area contributed by atoms with E-state index in [0.717, 1.165) is 54.3 Å². The van der Waals surface area contributed by atoms with Crippen LogP contribution >= 0.6 is 0 Å². The Hall–Kier alpha value is -4.78. The van der Waals surface area contributed by atoms with E-state index in [1.165, 1.54) is 0 Å². The molecule has 13 nitrogen and oxygen atoms in total. The van der Waals surface area contributed by atoms with Crippen LogP contribution in [0.25, 0.3) is 22.5 Å². The van der Waals surface area contributed by atoms with Crippen molar-refractivity contribution < 1.29 is 19.1 Å². The molecular formula is C28H33N9O4. The maximum atomic E-state index is 12.3. The number of aromatic amines is 1. The first-order valence-electron chi connectivity index (χ1n) is 13.4. The summed E-state index contributed by atoms with van der Waals surface area (Å²) in [7, 11) is 0. The van der Waals surface area contributed by atoms with Gasteiger partial charge in [-0.2, -0.15) is 10.3 Å². The minimum Gasteiger partial charge on any atom is -0.392 e. The van der Waals surface area contributed by atoms with Gasteiger partial charge in [-0.25, -0.2) is 14.5 Å². The van der Waals surface area contributed by atoms with Crippen LogP contribution in [0.4, 0.5) is 0 Å². The number of hydrogen-bond donors (Lipinski definition) is 3. The Morgan fingerprint density at radius 3 is 2.51 bits per heavy atom. The van der Waals surface area contributed by atoms with Gasteiger partial charge in [0.25, 0.3) is 0 Å². The van der Waals surface area contributed by atoms with Crippen LogP contribution in [-0.2, 0) is 38.6 Å². The van der Waals surface area contributed by atoms with E-state index >= 15 is 0 Å². The third-order valence-electron chi connectivity index (χ3n) is 6.37. The number of hydrogen-bond acceptors (Lipinski definition) is 10. The number of rotatable bonds is 14. The van der Waals surface area contributed by atoms with Crippen LogP contribution < -0.4 is 11.1 Å². The summed E-state index contributed by atoms with van der Waals surface area (Å²) < 4.78 is 6.58. The first-order chi connectivity index (χ1) is 19.8. The van der Waals surface area contributed by atoms with Gasteiger partial charge in [0.15, 0.2) is 5.82 Å². The Morgan fingerprint density at radius 2 is 1.85 bits per heavy atom. The number of carbonyl (C=O) groups excluding carboxylic acids is 3. The number of unbranched alkanes of at least 4 members (excludes halogenated alkanes) is 1. The molecule has 2 aromatic carbocycles. The van der Waals surface area contributed by atoms with E-state index in [1.54, 1.807) is 0 Å². The second-order valence-electron chi connectivity index (χ2n) is 9.53. The molecule has 214 valence electrons. The molecule has 0 aliphatic carbocycles. The van der Waals surface area contributed by atoms with Crippen molar-refractivity contribution >= 4 is 17.8 Å². The third kappa shape index (κ3) is 8.11. The number of aromatic nitrogens is 7. The van der Waals surface area contributed by atoms with Crippen LogP contribution in [-0.4, -0.2) is 59.3 Å². The van der Waals surface area contributed by atoms with Crippen LogP contribution in [0.1, 0.15) is 56.7 Å². The average molecular weight is 560 g/mol. The van der Waals surface area contributed by atoms with E-state index in [-0.39, 0.29) is 19.4 Å². The second kappa shape index (κ2) is 14.0. The SMILES string of the molecule is CCCCc1nc(CN[C@@H](CCC(N)=O)C(=O)OC(C)=O)nn1Cc1ccc(-c2ccccc2-c2nn[nH]n2)cc1. The lowest BCUT2D eigenvalue weighted by molar-refractivity contribution is -0.159. The first-order valence-corrected chi connectivity index (χ1v) is 13.4. The fraction of sp³-hybridized carbons (Fsp3) is 0.357. The molecule has 0 unspecified atom stereocenters. The van der Waals surface area contributed by atoms with Crippen molar-refractivity contribution in [3.8, 4) is 22.5 Å². The van der Waals surface area contributed by atoms with E-state index in [9.17, 15) is 14.4 Å². The molecule has 1 amide bonds. The zero-order chi connectivity index (χ0) is 29.2. The van der Waals surface area contributed by atoms with Crippen molar-refractivity contribution in [3.05, 3.63) is 65.7 Å². The zero-order valence-electron chi connectivity index (χ0n) is 23.0. The van der Waals surface area contributed by atoms with Gasteiger partial charge in [-0.3, -0.25) is 14.9 Å². The van der Waals surface area contributed by atoms with Gasteiger partial charge in [0.05, 0.1) is 13.1 Å². The molecule has 0 spiro atoms. The molecule has 0 radical (unpaired) electrons. The Balaban J connectivity index is 1.49. The molecule has 2 aromatic heterocycles. The standard InChI is InChI=1S/C28H33N9O4/c1-3-4-9-26-31-25(16-30-23(14-15-24(29)39)28(40)41-18(2)38)34-37(26)17-19-10-12-20(13-11-19)21-7-5-6-8-22(21)27-32-35-36-33-27/h5-8,10-13,23,30H,3-4,9,14-17H2,1-2H3,(H2,29,39)(H,32,33,35,36)/t23-/m0/s1. The molecule has 0 bridgehead atoms. The Morgan fingerprint density at radius 1 is 1.10 bits per heavy atom. The van der Waals surface area contributed by atoms with Crippen LogP contribution in [0.3, 0.4) is 0 Å². The highest BCUT2D eigenvalue weighted by Gasteiger charge is 2.23. The summed E-state index contributed by atoms with van der Waals surface area (Å²) in [5.74, 6) is -0.210. The van der Waals surface area contributed by atoms with Crippen LogP contribution in [0, 0.1) is 0 Å². The van der Waals surface area contributed by atoms with Crippen molar-refractivity contribution in [2.45, 2.75) is 65.1 Å². The highest BCUT2D eigenvalue weighted by atomic mass is 16.6. The Kier molecular flexibility index (Phi) is 9.99. The molecule has 1 atom stereocenters. The predicted octanol–water partition coefficient (Wildman–Crippen LogP) is 2.33. The number of ether oxygens (including phenoxy) is 1. The molecule has 13 heteroatoms. The average Bonchev–Trinajstić information content (AvgIpc) is 3.62. The van der Waals surface area contributed by atoms with Gasteiger partial charge in [0.2, 0.25) is 11.7 Å². The lowest BCUT2D eigenvalue weighted by atomic mass is 9.98. The minimum absolute atomic E-state index is 0.0378. The topological polar surface area (TPSA) is 184 Å². The van der Waals surface area contributed by atoms with Gasteiger partial charge in [0.1, 0.15) is 11.9 Å². The number of primary amides is 1. The molecule has 0 saturated heterocycles. The van der Waals surface area contributed by atoms with Crippen LogP contribution in [0.2, 0.25) is 0 Å². The quantitative estimate of drug-likeness (QED) is 0.153. The molecule has 4 N–H and O–H groups in total. The molecular weight excluding hydrogens is 526 g/mol. The van der Waals surface area contributed by atoms with Crippen molar-refractivity contribution in [3.63, 3.8) is 0 Å². The van der Waals surface area contributed by atoms with Gasteiger partial charge in [0, 0.05) is 25.3 Å². The minimum atomic E-state index is -0.902. The van der Waals surface area contributed by atoms with Crippen LogP contribution in [0.15, 0.2) is 48.5 Å². The summed E-state index contributed by atoms with van der Waals surface area (Å²) in [5, 5.41) is 22.1. The molecule has 0 aliphatic rings. The highest BCUT2D eigenvalue weighted by molar-refractivity contribution is 5.87. The summed E-state index contributed by atoms with van der Waals surface area (Å²) in [4.78, 5) is 39.6. The predicted molar refractivity (Wildman–Crippen MR) is 149 cm³/mol. The number of tetrazole rings is 1. The number of esters is 2. The second-order valence-corrected chi connectivity index (χ2v) is 9.53. The lowest BCUT2D eigenvalue weighted by Gasteiger charge is -2.14. The normalized spacial score (nSPS) is 11.8.